The molecule has 0 aliphatic carbocycles. The van der Waals surface area contributed by atoms with Crippen LogP contribution in [-0.4, -0.2) is 50.3 Å². The fraction of sp³-hybridized carbons (Fsp3) is 0.647. The van der Waals surface area contributed by atoms with Gasteiger partial charge in [0.15, 0.2) is 0 Å². The molecule has 0 saturated carbocycles. The second-order valence-corrected chi connectivity index (χ2v) is 9.36. The van der Waals surface area contributed by atoms with Crippen LogP contribution in [-0.2, 0) is 16.2 Å². The van der Waals surface area contributed by atoms with Crippen LogP contribution in [0.2, 0.25) is 0 Å². The Balaban J connectivity index is 1.64. The van der Waals surface area contributed by atoms with Crippen molar-refractivity contribution in [1.82, 2.24) is 14.9 Å². The maximum atomic E-state index is 12.9. The van der Waals surface area contributed by atoms with Gasteiger partial charge in [0.2, 0.25) is 10.0 Å². The minimum absolute atomic E-state index is 0.0151. The lowest BCUT2D eigenvalue weighted by molar-refractivity contribution is -0.137. The highest BCUT2D eigenvalue weighted by Gasteiger charge is 2.38. The van der Waals surface area contributed by atoms with Gasteiger partial charge in [-0.15, -0.1) is 0 Å². The van der Waals surface area contributed by atoms with Crippen molar-refractivity contribution >= 4 is 10.0 Å². The first-order valence-corrected chi connectivity index (χ1v) is 10.3. The van der Waals surface area contributed by atoms with Gasteiger partial charge in [-0.25, -0.2) is 12.7 Å². The number of benzene rings is 1. The first kappa shape index (κ1) is 19.6. The van der Waals surface area contributed by atoms with E-state index in [4.69, 9.17) is 0 Å². The van der Waals surface area contributed by atoms with E-state index in [-0.39, 0.29) is 11.7 Å². The predicted octanol–water partition coefficient (Wildman–Crippen LogP) is 2.12. The Kier molecular flexibility index (Phi) is 5.35. The number of hydrogen-bond acceptors (Lipinski definition) is 4. The predicted molar refractivity (Wildman–Crippen MR) is 93.2 cm³/mol. The van der Waals surface area contributed by atoms with Crippen molar-refractivity contribution in [2.75, 3.05) is 32.1 Å². The van der Waals surface area contributed by atoms with Crippen molar-refractivity contribution in [3.05, 3.63) is 35.4 Å². The van der Waals surface area contributed by atoms with Crippen molar-refractivity contribution in [3.63, 3.8) is 0 Å². The number of alkyl halides is 3. The molecule has 0 aromatic heterocycles. The largest absolute Gasteiger partial charge is 0.416 e. The fourth-order valence-electron chi connectivity index (χ4n) is 3.71. The molecule has 1 atom stereocenters. The van der Waals surface area contributed by atoms with Crippen molar-refractivity contribution in [2.45, 2.75) is 37.4 Å². The molecular formula is C17H24F3N3O2S. The Morgan fingerprint density at radius 2 is 1.96 bits per heavy atom. The molecule has 0 amide bonds. The van der Waals surface area contributed by atoms with Gasteiger partial charge >= 0.3 is 6.18 Å². The van der Waals surface area contributed by atoms with Gasteiger partial charge in [-0.05, 0) is 37.3 Å². The topological polar surface area (TPSA) is 61.4 Å². The Bertz CT molecular complexity index is 738. The van der Waals surface area contributed by atoms with Crippen molar-refractivity contribution < 1.29 is 21.6 Å². The quantitative estimate of drug-likeness (QED) is 0.826. The van der Waals surface area contributed by atoms with E-state index in [1.165, 1.54) is 16.4 Å². The number of hydrogen-bond donors (Lipinski definition) is 2. The molecule has 2 fully saturated rings. The van der Waals surface area contributed by atoms with Gasteiger partial charge in [0, 0.05) is 31.8 Å². The second-order valence-electron chi connectivity index (χ2n) is 7.39. The van der Waals surface area contributed by atoms with Crippen LogP contribution < -0.4 is 10.6 Å². The van der Waals surface area contributed by atoms with Crippen LogP contribution in [0, 0.1) is 0 Å². The lowest BCUT2D eigenvalue weighted by atomic mass is 9.89. The zero-order valence-electron chi connectivity index (χ0n) is 14.6. The van der Waals surface area contributed by atoms with Crippen molar-refractivity contribution in [3.8, 4) is 0 Å². The summed E-state index contributed by atoms with van der Waals surface area (Å²) >= 11 is 0. The summed E-state index contributed by atoms with van der Waals surface area (Å²) in [4.78, 5) is 0. The van der Waals surface area contributed by atoms with Crippen LogP contribution in [0.3, 0.4) is 0 Å². The molecule has 3 rings (SSSR count). The molecule has 26 heavy (non-hydrogen) atoms. The van der Waals surface area contributed by atoms with Gasteiger partial charge < -0.3 is 5.32 Å². The summed E-state index contributed by atoms with van der Waals surface area (Å²) in [5.74, 6) is -0.0353. The van der Waals surface area contributed by atoms with Gasteiger partial charge in [0.05, 0.1) is 11.3 Å². The van der Waals surface area contributed by atoms with E-state index < -0.39 is 27.3 Å². The molecule has 146 valence electrons. The summed E-state index contributed by atoms with van der Waals surface area (Å²) < 4.78 is 65.5. The first-order chi connectivity index (χ1) is 12.1. The summed E-state index contributed by atoms with van der Waals surface area (Å²) in [6, 6.07) is 5.36. The normalized spacial score (nSPS) is 26.3. The number of halogens is 3. The van der Waals surface area contributed by atoms with Crippen LogP contribution in [0.4, 0.5) is 13.2 Å². The van der Waals surface area contributed by atoms with E-state index in [2.05, 4.69) is 10.6 Å². The molecule has 5 nitrogen and oxygen atoms in total. The van der Waals surface area contributed by atoms with Crippen LogP contribution >= 0.6 is 0 Å². The second kappa shape index (κ2) is 7.10. The molecule has 2 heterocycles. The van der Waals surface area contributed by atoms with Crippen molar-refractivity contribution in [2.24, 2.45) is 0 Å². The number of piperidine rings is 1. The van der Waals surface area contributed by atoms with Crippen LogP contribution in [0.15, 0.2) is 24.3 Å². The van der Waals surface area contributed by atoms with Gasteiger partial charge in [-0.1, -0.05) is 18.2 Å². The molecular weight excluding hydrogens is 367 g/mol. The van der Waals surface area contributed by atoms with E-state index in [1.54, 1.807) is 6.07 Å². The van der Waals surface area contributed by atoms with Crippen LogP contribution in [0.5, 0.6) is 0 Å². The third-order valence-corrected chi connectivity index (χ3v) is 7.34. The molecule has 1 aromatic rings. The summed E-state index contributed by atoms with van der Waals surface area (Å²) in [6.07, 6.45) is -3.30. The monoisotopic (exact) mass is 391 g/mol. The lowest BCUT2D eigenvalue weighted by Gasteiger charge is -2.34. The molecule has 9 heteroatoms. The standard InChI is InChI=1S/C17H24F3N3O2S/c1-16(10-21-12-22-16)11-26(24,25)23-7-5-13(6-8-23)14-3-2-4-15(9-14)17(18,19)20/h2-4,9,13,21-22H,5-8,10-12H2,1H3/t16-/m0/s1. The Morgan fingerprint density at radius 1 is 1.27 bits per heavy atom. The maximum absolute atomic E-state index is 12.9. The van der Waals surface area contributed by atoms with Gasteiger partial charge in [0.1, 0.15) is 0 Å². The Morgan fingerprint density at radius 3 is 2.54 bits per heavy atom. The highest BCUT2D eigenvalue weighted by molar-refractivity contribution is 7.89. The highest BCUT2D eigenvalue weighted by atomic mass is 32.2. The Labute approximate surface area is 152 Å². The molecule has 0 radical (unpaired) electrons. The van der Waals surface area contributed by atoms with E-state index in [0.717, 1.165) is 6.07 Å². The highest BCUT2D eigenvalue weighted by Crippen LogP contribution is 2.34. The van der Waals surface area contributed by atoms with E-state index in [1.807, 2.05) is 6.92 Å². The molecule has 0 spiro atoms. The van der Waals surface area contributed by atoms with E-state index in [9.17, 15) is 21.6 Å². The molecule has 0 bridgehead atoms. The van der Waals surface area contributed by atoms with E-state index >= 15 is 0 Å². The summed E-state index contributed by atoms with van der Waals surface area (Å²) in [6.45, 7) is 3.73. The zero-order chi connectivity index (χ0) is 19.0. The summed E-state index contributed by atoms with van der Waals surface area (Å²) in [5, 5.41) is 6.26. The first-order valence-electron chi connectivity index (χ1n) is 8.70. The minimum Gasteiger partial charge on any atom is -0.303 e. The van der Waals surface area contributed by atoms with Crippen LogP contribution in [0.1, 0.15) is 36.8 Å². The zero-order valence-corrected chi connectivity index (χ0v) is 15.5. The number of sulfonamides is 1. The van der Waals surface area contributed by atoms with Gasteiger partial charge in [0.25, 0.3) is 0 Å². The Hall–Kier alpha value is -1.16. The van der Waals surface area contributed by atoms with Gasteiger partial charge in [-0.3, -0.25) is 5.32 Å². The van der Waals surface area contributed by atoms with Crippen LogP contribution in [0.25, 0.3) is 0 Å². The van der Waals surface area contributed by atoms with Crippen molar-refractivity contribution in [1.29, 1.82) is 0 Å². The number of rotatable bonds is 4. The third-order valence-electron chi connectivity index (χ3n) is 5.19. The average Bonchev–Trinajstić information content (AvgIpc) is 2.99. The average molecular weight is 391 g/mol. The molecule has 1 aromatic carbocycles. The summed E-state index contributed by atoms with van der Waals surface area (Å²) in [7, 11) is -3.41. The molecule has 0 unspecified atom stereocenters. The summed E-state index contributed by atoms with van der Waals surface area (Å²) in [5.41, 5.74) is -0.514. The number of nitrogens with zero attached hydrogens (tertiary/aromatic N) is 1. The molecule has 2 N–H and O–H groups in total. The molecule has 2 aliphatic heterocycles. The van der Waals surface area contributed by atoms with Gasteiger partial charge in [-0.2, -0.15) is 13.2 Å². The third kappa shape index (κ3) is 4.39. The lowest BCUT2D eigenvalue weighted by Crippen LogP contribution is -2.50. The molecule has 2 saturated heterocycles. The number of nitrogens with one attached hydrogen (secondary N) is 2. The molecule has 2 aliphatic rings. The fourth-order valence-corrected chi connectivity index (χ4v) is 5.67. The SMILES string of the molecule is C[C@@]1(CS(=O)(=O)N2CCC(c3cccc(C(F)(F)F)c3)CC2)CNCN1. The minimum atomic E-state index is -4.36. The maximum Gasteiger partial charge on any atom is 0.416 e. The van der Waals surface area contributed by atoms with E-state index in [0.29, 0.717) is 44.7 Å². The smallest absolute Gasteiger partial charge is 0.303 e.